The molecule has 2 rings (SSSR count). The molecule has 0 radical (unpaired) electrons. The molecule has 0 amide bonds. The Hall–Kier alpha value is -2.19. The van der Waals surface area contributed by atoms with Gasteiger partial charge in [0, 0.05) is 19.6 Å². The molecular formula is C18H25NO6. The maximum absolute atomic E-state index is 10.3. The molecule has 0 spiro atoms. The summed E-state index contributed by atoms with van der Waals surface area (Å²) in [5, 5.41) is 36.1. The van der Waals surface area contributed by atoms with E-state index in [0.29, 0.717) is 25.4 Å². The third kappa shape index (κ3) is 8.46. The number of hydrogen-bond acceptors (Lipinski definition) is 6. The van der Waals surface area contributed by atoms with E-state index in [1.807, 2.05) is 36.4 Å². The van der Waals surface area contributed by atoms with Crippen molar-refractivity contribution in [3.8, 4) is 5.75 Å². The van der Waals surface area contributed by atoms with E-state index in [-0.39, 0.29) is 26.4 Å². The molecule has 0 saturated heterocycles. The van der Waals surface area contributed by atoms with Gasteiger partial charge in [-0.3, -0.25) is 4.90 Å². The Morgan fingerprint density at radius 2 is 1.44 bits per heavy atom. The highest BCUT2D eigenvalue weighted by Gasteiger charge is 2.01. The Bertz CT molecular complexity index is 619. The molecular weight excluding hydrogens is 326 g/mol. The van der Waals surface area contributed by atoms with Crippen LogP contribution in [-0.2, 0) is 4.79 Å². The molecule has 0 bridgehead atoms. The van der Waals surface area contributed by atoms with Crippen LogP contribution in [0, 0.1) is 0 Å². The van der Waals surface area contributed by atoms with Crippen LogP contribution in [0.3, 0.4) is 0 Å². The predicted molar refractivity (Wildman–Crippen MR) is 94.8 cm³/mol. The number of aliphatic hydroxyl groups is 3. The van der Waals surface area contributed by atoms with E-state index in [4.69, 9.17) is 25.2 Å². The summed E-state index contributed by atoms with van der Waals surface area (Å²) in [6.45, 7) is 1.45. The van der Waals surface area contributed by atoms with Gasteiger partial charge in [0.25, 0.3) is 0 Å². The highest BCUT2D eigenvalue weighted by atomic mass is 16.5. The van der Waals surface area contributed by atoms with Crippen molar-refractivity contribution < 1.29 is 30.0 Å². The topological polar surface area (TPSA) is 110 Å². The number of rotatable bonds is 9. The molecule has 7 heteroatoms. The lowest BCUT2D eigenvalue weighted by Gasteiger charge is -2.17. The second-order valence-electron chi connectivity index (χ2n) is 5.20. The molecule has 0 atom stereocenters. The van der Waals surface area contributed by atoms with Crippen LogP contribution in [0.15, 0.2) is 42.5 Å². The summed E-state index contributed by atoms with van der Waals surface area (Å²) in [5.74, 6) is -0.390. The molecule has 0 heterocycles. The molecule has 4 N–H and O–H groups in total. The van der Waals surface area contributed by atoms with Crippen molar-refractivity contribution in [2.45, 2.75) is 0 Å². The second kappa shape index (κ2) is 12.2. The summed E-state index contributed by atoms with van der Waals surface area (Å²) in [6.07, 6.45) is 0. The number of ether oxygens (including phenoxy) is 1. The number of hydrogen-bond donors (Lipinski definition) is 4. The SMILES string of the molecule is O=C(O)COc1ccc2ccccc2c1.OCCN(CCO)CCO. The van der Waals surface area contributed by atoms with Crippen LogP contribution < -0.4 is 4.74 Å². The van der Waals surface area contributed by atoms with Crippen molar-refractivity contribution >= 4 is 16.7 Å². The molecule has 7 nitrogen and oxygen atoms in total. The molecule has 0 fully saturated rings. The van der Waals surface area contributed by atoms with Gasteiger partial charge in [0.2, 0.25) is 0 Å². The normalized spacial score (nSPS) is 10.4. The first-order valence-electron chi connectivity index (χ1n) is 7.99. The third-order valence-electron chi connectivity index (χ3n) is 3.33. The number of carbonyl (C=O) groups is 1. The van der Waals surface area contributed by atoms with Crippen molar-refractivity contribution in [2.75, 3.05) is 46.1 Å². The van der Waals surface area contributed by atoms with Crippen molar-refractivity contribution in [2.24, 2.45) is 0 Å². The number of carboxylic acid groups (broad SMARTS) is 1. The quantitative estimate of drug-likeness (QED) is 0.523. The van der Waals surface area contributed by atoms with E-state index < -0.39 is 5.97 Å². The number of fused-ring (bicyclic) bond motifs is 1. The third-order valence-corrected chi connectivity index (χ3v) is 3.33. The number of carboxylic acids is 1. The fourth-order valence-corrected chi connectivity index (χ4v) is 2.16. The first kappa shape index (κ1) is 20.9. The van der Waals surface area contributed by atoms with Crippen LogP contribution in [0.25, 0.3) is 10.8 Å². The van der Waals surface area contributed by atoms with Gasteiger partial charge in [0.1, 0.15) is 5.75 Å². The Labute approximate surface area is 146 Å². The van der Waals surface area contributed by atoms with Crippen LogP contribution in [0.2, 0.25) is 0 Å². The Morgan fingerprint density at radius 1 is 0.880 bits per heavy atom. The smallest absolute Gasteiger partial charge is 0.341 e. The molecule has 2 aromatic rings. The minimum atomic E-state index is -0.969. The average Bonchev–Trinajstić information content (AvgIpc) is 2.61. The van der Waals surface area contributed by atoms with Gasteiger partial charge >= 0.3 is 5.97 Å². The molecule has 0 aromatic heterocycles. The highest BCUT2D eigenvalue weighted by Crippen LogP contribution is 2.20. The average molecular weight is 351 g/mol. The maximum Gasteiger partial charge on any atom is 0.341 e. The molecule has 0 unspecified atom stereocenters. The summed E-state index contributed by atoms with van der Waals surface area (Å²) >= 11 is 0. The van der Waals surface area contributed by atoms with E-state index in [9.17, 15) is 4.79 Å². The lowest BCUT2D eigenvalue weighted by Crippen LogP contribution is -2.32. The summed E-state index contributed by atoms with van der Waals surface area (Å²) in [6, 6.07) is 13.4. The van der Waals surface area contributed by atoms with Gasteiger partial charge in [-0.15, -0.1) is 0 Å². The van der Waals surface area contributed by atoms with Gasteiger partial charge in [-0.25, -0.2) is 4.79 Å². The van der Waals surface area contributed by atoms with E-state index in [2.05, 4.69) is 0 Å². The maximum atomic E-state index is 10.3. The highest BCUT2D eigenvalue weighted by molar-refractivity contribution is 5.83. The fourth-order valence-electron chi connectivity index (χ4n) is 2.16. The number of benzene rings is 2. The van der Waals surface area contributed by atoms with Gasteiger partial charge in [-0.2, -0.15) is 0 Å². The van der Waals surface area contributed by atoms with Crippen LogP contribution in [-0.4, -0.2) is 77.4 Å². The minimum Gasteiger partial charge on any atom is -0.482 e. The summed E-state index contributed by atoms with van der Waals surface area (Å²) in [4.78, 5) is 12.1. The Balaban J connectivity index is 0.000000275. The largest absolute Gasteiger partial charge is 0.482 e. The predicted octanol–water partition coefficient (Wildman–Crippen LogP) is 0.569. The van der Waals surface area contributed by atoms with Crippen LogP contribution in [0.1, 0.15) is 0 Å². The van der Waals surface area contributed by atoms with Gasteiger partial charge < -0.3 is 25.2 Å². The molecule has 0 saturated carbocycles. The molecule has 0 aliphatic carbocycles. The Kier molecular flexibility index (Phi) is 10.2. The lowest BCUT2D eigenvalue weighted by molar-refractivity contribution is -0.139. The summed E-state index contributed by atoms with van der Waals surface area (Å²) < 4.78 is 5.08. The zero-order chi connectivity index (χ0) is 18.5. The number of nitrogens with zero attached hydrogens (tertiary/aromatic N) is 1. The first-order chi connectivity index (χ1) is 12.1. The summed E-state index contributed by atoms with van der Waals surface area (Å²) in [5.41, 5.74) is 0. The number of aliphatic hydroxyl groups excluding tert-OH is 3. The second-order valence-corrected chi connectivity index (χ2v) is 5.20. The van der Waals surface area contributed by atoms with Crippen LogP contribution >= 0.6 is 0 Å². The van der Waals surface area contributed by atoms with Gasteiger partial charge in [0.05, 0.1) is 19.8 Å². The van der Waals surface area contributed by atoms with Crippen LogP contribution in [0.5, 0.6) is 5.75 Å². The van der Waals surface area contributed by atoms with Gasteiger partial charge in [-0.05, 0) is 22.9 Å². The van der Waals surface area contributed by atoms with Gasteiger partial charge in [0.15, 0.2) is 6.61 Å². The fraction of sp³-hybridized carbons (Fsp3) is 0.389. The minimum absolute atomic E-state index is 0.0694. The van der Waals surface area contributed by atoms with Crippen molar-refractivity contribution in [1.29, 1.82) is 0 Å². The number of aliphatic carboxylic acids is 1. The van der Waals surface area contributed by atoms with E-state index in [1.165, 1.54) is 0 Å². The summed E-state index contributed by atoms with van der Waals surface area (Å²) in [7, 11) is 0. The van der Waals surface area contributed by atoms with Crippen molar-refractivity contribution in [1.82, 2.24) is 4.90 Å². The lowest BCUT2D eigenvalue weighted by atomic mass is 10.1. The van der Waals surface area contributed by atoms with Crippen LogP contribution in [0.4, 0.5) is 0 Å². The molecule has 138 valence electrons. The van der Waals surface area contributed by atoms with E-state index in [1.54, 1.807) is 11.0 Å². The zero-order valence-electron chi connectivity index (χ0n) is 14.0. The van der Waals surface area contributed by atoms with E-state index in [0.717, 1.165) is 10.8 Å². The Morgan fingerprint density at radius 3 is 1.96 bits per heavy atom. The first-order valence-corrected chi connectivity index (χ1v) is 7.99. The standard InChI is InChI=1S/C12H10O3.C6H15NO3/c13-12(14)8-15-11-6-5-9-3-1-2-4-10(9)7-11;8-4-1-7(2-5-9)3-6-10/h1-7H,8H2,(H,13,14);8-10H,1-6H2. The van der Waals surface area contributed by atoms with Gasteiger partial charge in [-0.1, -0.05) is 30.3 Å². The van der Waals surface area contributed by atoms with Crippen molar-refractivity contribution in [3.63, 3.8) is 0 Å². The monoisotopic (exact) mass is 351 g/mol. The van der Waals surface area contributed by atoms with Crippen molar-refractivity contribution in [3.05, 3.63) is 42.5 Å². The van der Waals surface area contributed by atoms with E-state index >= 15 is 0 Å². The zero-order valence-corrected chi connectivity index (χ0v) is 14.0. The molecule has 0 aliphatic heterocycles. The molecule has 25 heavy (non-hydrogen) atoms. The molecule has 0 aliphatic rings. The molecule has 2 aromatic carbocycles.